The van der Waals surface area contributed by atoms with Gasteiger partial charge in [0.15, 0.2) is 26.4 Å². The zero-order valence-corrected chi connectivity index (χ0v) is 23.0. The molecule has 0 fully saturated rings. The van der Waals surface area contributed by atoms with E-state index in [9.17, 15) is 13.2 Å². The average Bonchev–Trinajstić information content (AvgIpc) is 3.39. The SMILES string of the molecule is CCNC(=S)Nc1ccc(-c2cc(-c3nc(-c4ccc(S(=O)(=O)C(C)C)cc4)cnc3OC(N)=O)on2)cc1. The lowest BCUT2D eigenvalue weighted by molar-refractivity contribution is 0.209. The Kier molecular flexibility index (Phi) is 8.21. The molecule has 1 amide bonds. The van der Waals surface area contributed by atoms with Crippen LogP contribution in [0.3, 0.4) is 0 Å². The van der Waals surface area contributed by atoms with E-state index in [0.29, 0.717) is 28.6 Å². The molecule has 0 aliphatic heterocycles. The summed E-state index contributed by atoms with van der Waals surface area (Å²) in [6, 6.07) is 15.3. The number of nitrogens with zero attached hydrogens (tertiary/aromatic N) is 3. The third-order valence-electron chi connectivity index (χ3n) is 5.55. The fourth-order valence-corrected chi connectivity index (χ4v) is 4.84. The van der Waals surface area contributed by atoms with Crippen LogP contribution in [0.5, 0.6) is 5.88 Å². The van der Waals surface area contributed by atoms with Gasteiger partial charge in [0.2, 0.25) is 0 Å². The van der Waals surface area contributed by atoms with E-state index in [0.717, 1.165) is 11.3 Å². The number of amides is 1. The molecule has 0 saturated heterocycles. The largest absolute Gasteiger partial charge is 0.411 e. The third kappa shape index (κ3) is 6.38. The van der Waals surface area contributed by atoms with Crippen LogP contribution in [0.25, 0.3) is 34.0 Å². The summed E-state index contributed by atoms with van der Waals surface area (Å²) < 4.78 is 35.5. The van der Waals surface area contributed by atoms with Crippen LogP contribution in [0.4, 0.5) is 10.5 Å². The summed E-state index contributed by atoms with van der Waals surface area (Å²) in [6.07, 6.45) is 0.314. The topological polar surface area (TPSA) is 162 Å². The van der Waals surface area contributed by atoms with Gasteiger partial charge >= 0.3 is 6.09 Å². The van der Waals surface area contributed by atoms with Crippen molar-refractivity contribution in [3.8, 4) is 39.8 Å². The highest BCUT2D eigenvalue weighted by Crippen LogP contribution is 2.32. The number of anilines is 1. The molecule has 0 bridgehead atoms. The first-order valence-corrected chi connectivity index (χ1v) is 13.8. The van der Waals surface area contributed by atoms with Crippen molar-refractivity contribution in [2.45, 2.75) is 30.9 Å². The average molecular weight is 567 g/mol. The molecule has 0 unspecified atom stereocenters. The molecular formula is C26H26N6O5S2. The Morgan fingerprint density at radius 1 is 1.08 bits per heavy atom. The van der Waals surface area contributed by atoms with Gasteiger partial charge in [-0.05, 0) is 57.3 Å². The fraction of sp³-hybridized carbons (Fsp3) is 0.192. The highest BCUT2D eigenvalue weighted by atomic mass is 32.2. The van der Waals surface area contributed by atoms with Gasteiger partial charge in [0.1, 0.15) is 5.69 Å². The van der Waals surface area contributed by atoms with E-state index in [4.69, 9.17) is 27.2 Å². The summed E-state index contributed by atoms with van der Waals surface area (Å²) in [6.45, 7) is 5.91. The Balaban J connectivity index is 1.65. The number of rotatable bonds is 8. The third-order valence-corrected chi connectivity index (χ3v) is 7.97. The Hall–Kier alpha value is -4.36. The molecule has 2 aromatic heterocycles. The maximum Gasteiger partial charge on any atom is 0.411 e. The molecule has 4 aromatic rings. The van der Waals surface area contributed by atoms with Crippen molar-refractivity contribution in [1.29, 1.82) is 0 Å². The molecule has 0 aliphatic carbocycles. The molecule has 0 saturated carbocycles. The van der Waals surface area contributed by atoms with Crippen LogP contribution >= 0.6 is 12.2 Å². The van der Waals surface area contributed by atoms with Crippen LogP contribution in [-0.2, 0) is 9.84 Å². The predicted molar refractivity (Wildman–Crippen MR) is 151 cm³/mol. The molecule has 39 heavy (non-hydrogen) atoms. The monoisotopic (exact) mass is 566 g/mol. The molecule has 4 rings (SSSR count). The predicted octanol–water partition coefficient (Wildman–Crippen LogP) is 4.41. The van der Waals surface area contributed by atoms with Gasteiger partial charge in [-0.3, -0.25) is 0 Å². The van der Waals surface area contributed by atoms with Gasteiger partial charge in [-0.25, -0.2) is 23.2 Å². The van der Waals surface area contributed by atoms with Crippen LogP contribution in [0.2, 0.25) is 0 Å². The molecule has 4 N–H and O–H groups in total. The van der Waals surface area contributed by atoms with Gasteiger partial charge in [0.25, 0.3) is 5.88 Å². The minimum atomic E-state index is -3.43. The van der Waals surface area contributed by atoms with E-state index in [1.807, 2.05) is 31.2 Å². The van der Waals surface area contributed by atoms with Crippen molar-refractivity contribution in [2.75, 3.05) is 11.9 Å². The van der Waals surface area contributed by atoms with Gasteiger partial charge < -0.3 is 25.6 Å². The zero-order chi connectivity index (χ0) is 28.2. The van der Waals surface area contributed by atoms with Gasteiger partial charge in [0.05, 0.1) is 22.0 Å². The normalized spacial score (nSPS) is 11.3. The van der Waals surface area contributed by atoms with Gasteiger partial charge in [-0.1, -0.05) is 29.4 Å². The Morgan fingerprint density at radius 2 is 1.72 bits per heavy atom. The molecule has 0 atom stereocenters. The smallest absolute Gasteiger partial charge is 0.389 e. The van der Waals surface area contributed by atoms with E-state index in [-0.39, 0.29) is 22.2 Å². The summed E-state index contributed by atoms with van der Waals surface area (Å²) in [5.41, 5.74) is 8.36. The second kappa shape index (κ2) is 11.6. The molecule has 13 heteroatoms. The molecule has 0 aliphatic rings. The Labute approximate surface area is 230 Å². The van der Waals surface area contributed by atoms with Crippen molar-refractivity contribution < 1.29 is 22.5 Å². The number of carbonyl (C=O) groups is 1. The maximum absolute atomic E-state index is 12.5. The highest BCUT2D eigenvalue weighted by Gasteiger charge is 2.21. The van der Waals surface area contributed by atoms with Crippen molar-refractivity contribution in [3.05, 3.63) is 60.8 Å². The Morgan fingerprint density at radius 3 is 2.33 bits per heavy atom. The standard InChI is InChI=1S/C26H26N6O5S2/c1-4-28-26(38)30-18-9-5-16(6-10-18)20-13-22(37-32-20)23-24(36-25(27)33)29-14-21(31-23)17-7-11-19(12-8-17)39(34,35)15(2)3/h5-15H,4H2,1-3H3,(H2,27,33)(H2,28,30,38). The number of carbonyl (C=O) groups excluding carboxylic acids is 1. The molecule has 11 nitrogen and oxygen atoms in total. The van der Waals surface area contributed by atoms with Gasteiger partial charge in [-0.2, -0.15) is 0 Å². The maximum atomic E-state index is 12.5. The lowest BCUT2D eigenvalue weighted by atomic mass is 10.1. The van der Waals surface area contributed by atoms with Crippen LogP contribution < -0.4 is 21.1 Å². The highest BCUT2D eigenvalue weighted by molar-refractivity contribution is 7.92. The molecule has 2 heterocycles. The van der Waals surface area contributed by atoms with Crippen LogP contribution in [-0.4, -0.2) is 46.5 Å². The van der Waals surface area contributed by atoms with Crippen LogP contribution in [0, 0.1) is 0 Å². The summed E-state index contributed by atoms with van der Waals surface area (Å²) in [5.74, 6) is 0.0228. The van der Waals surface area contributed by atoms with E-state index >= 15 is 0 Å². The van der Waals surface area contributed by atoms with E-state index < -0.39 is 21.2 Å². The molecule has 202 valence electrons. The second-order valence-electron chi connectivity index (χ2n) is 8.59. The lowest BCUT2D eigenvalue weighted by Gasteiger charge is -2.10. The minimum Gasteiger partial charge on any atom is -0.389 e. The number of sulfone groups is 1. The number of nitrogens with one attached hydrogen (secondary N) is 2. The zero-order valence-electron chi connectivity index (χ0n) is 21.3. The van der Waals surface area contributed by atoms with E-state index in [1.54, 1.807) is 32.0 Å². The number of thiocarbonyl (C=S) groups is 1. The van der Waals surface area contributed by atoms with Crippen molar-refractivity contribution in [2.24, 2.45) is 5.73 Å². The molecule has 2 aromatic carbocycles. The fourth-order valence-electron chi connectivity index (χ4n) is 3.52. The number of hydrogen-bond acceptors (Lipinski definition) is 9. The van der Waals surface area contributed by atoms with E-state index in [1.165, 1.54) is 18.3 Å². The summed E-state index contributed by atoms with van der Waals surface area (Å²) >= 11 is 5.21. The van der Waals surface area contributed by atoms with Gasteiger partial charge in [0, 0.05) is 29.4 Å². The first-order chi connectivity index (χ1) is 18.6. The number of ether oxygens (including phenoxy) is 1. The van der Waals surface area contributed by atoms with Crippen LogP contribution in [0.15, 0.2) is 70.2 Å². The van der Waals surface area contributed by atoms with Gasteiger partial charge in [-0.15, -0.1) is 0 Å². The Bertz CT molecular complexity index is 1600. The minimum absolute atomic E-state index is 0.0956. The molecule has 0 radical (unpaired) electrons. The molecular weight excluding hydrogens is 540 g/mol. The first kappa shape index (κ1) is 27.7. The summed E-state index contributed by atoms with van der Waals surface area (Å²) in [7, 11) is -3.43. The summed E-state index contributed by atoms with van der Waals surface area (Å²) in [4.78, 5) is 20.4. The number of primary amides is 1. The molecule has 0 spiro atoms. The number of benzene rings is 2. The van der Waals surface area contributed by atoms with Crippen LogP contribution in [0.1, 0.15) is 20.8 Å². The first-order valence-electron chi connectivity index (χ1n) is 11.9. The number of nitrogens with two attached hydrogens (primary N) is 1. The van der Waals surface area contributed by atoms with Crippen molar-refractivity contribution >= 4 is 38.9 Å². The van der Waals surface area contributed by atoms with Crippen molar-refractivity contribution in [1.82, 2.24) is 20.4 Å². The number of hydrogen-bond donors (Lipinski definition) is 3. The van der Waals surface area contributed by atoms with E-state index in [2.05, 4.69) is 25.8 Å². The quantitative estimate of drug-likeness (QED) is 0.259. The number of aromatic nitrogens is 3. The second-order valence-corrected chi connectivity index (χ2v) is 11.5. The lowest BCUT2D eigenvalue weighted by Crippen LogP contribution is -2.27. The van der Waals surface area contributed by atoms with Crippen molar-refractivity contribution in [3.63, 3.8) is 0 Å². The summed E-state index contributed by atoms with van der Waals surface area (Å²) in [5, 5.41) is 10.2.